The Morgan fingerprint density at radius 3 is 2.42 bits per heavy atom. The lowest BCUT2D eigenvalue weighted by atomic mass is 10.1. The van der Waals surface area contributed by atoms with E-state index in [1.807, 2.05) is 32.0 Å². The predicted octanol–water partition coefficient (Wildman–Crippen LogP) is 4.58. The van der Waals surface area contributed by atoms with Crippen LogP contribution in [0.2, 0.25) is 0 Å². The molecule has 1 amide bonds. The van der Waals surface area contributed by atoms with Gasteiger partial charge in [-0.15, -0.1) is 11.8 Å². The number of hydrogen-bond donors (Lipinski definition) is 1. The van der Waals surface area contributed by atoms with E-state index in [2.05, 4.69) is 37.4 Å². The Bertz CT molecular complexity index is 802. The summed E-state index contributed by atoms with van der Waals surface area (Å²) in [5.74, 6) is -0.0637. The Kier molecular flexibility index (Phi) is 7.27. The summed E-state index contributed by atoms with van der Waals surface area (Å²) >= 11 is 1.61. The Morgan fingerprint density at radius 1 is 0.962 bits per heavy atom. The molecule has 138 valence electrons. The Balaban J connectivity index is 1.71. The van der Waals surface area contributed by atoms with Crippen LogP contribution in [-0.2, 0) is 14.3 Å². The van der Waals surface area contributed by atoms with Crippen LogP contribution in [-0.4, -0.2) is 24.2 Å². The van der Waals surface area contributed by atoms with Gasteiger partial charge in [-0.3, -0.25) is 9.59 Å². The SMILES string of the molecule is Cc1ccc(C)c(NC(=O)COC(=O)CCSc2ccc(C)c(C)c2)c1. The highest BCUT2D eigenvalue weighted by Gasteiger charge is 2.09. The van der Waals surface area contributed by atoms with Gasteiger partial charge >= 0.3 is 5.97 Å². The lowest BCUT2D eigenvalue weighted by molar-refractivity contribution is -0.146. The number of benzene rings is 2. The average Bonchev–Trinajstić information content (AvgIpc) is 2.59. The molecule has 0 atom stereocenters. The maximum Gasteiger partial charge on any atom is 0.307 e. The first-order valence-corrected chi connectivity index (χ1v) is 9.56. The van der Waals surface area contributed by atoms with Gasteiger partial charge in [0.05, 0.1) is 6.42 Å². The number of hydrogen-bond acceptors (Lipinski definition) is 4. The first kappa shape index (κ1) is 20.0. The van der Waals surface area contributed by atoms with Gasteiger partial charge in [0, 0.05) is 16.3 Å². The van der Waals surface area contributed by atoms with E-state index in [9.17, 15) is 9.59 Å². The third kappa shape index (κ3) is 6.23. The van der Waals surface area contributed by atoms with Crippen molar-refractivity contribution in [1.29, 1.82) is 0 Å². The molecule has 2 aromatic carbocycles. The molecule has 4 nitrogen and oxygen atoms in total. The fraction of sp³-hybridized carbons (Fsp3) is 0.333. The van der Waals surface area contributed by atoms with Crippen molar-refractivity contribution in [2.45, 2.75) is 39.0 Å². The van der Waals surface area contributed by atoms with Gasteiger partial charge in [-0.2, -0.15) is 0 Å². The van der Waals surface area contributed by atoms with Crippen LogP contribution in [0.5, 0.6) is 0 Å². The standard InChI is InChI=1S/C21H25NO3S/c1-14-5-6-16(3)19(11-14)22-20(23)13-25-21(24)9-10-26-18-8-7-15(2)17(4)12-18/h5-8,11-12H,9-10,13H2,1-4H3,(H,22,23). The minimum atomic E-state index is -0.363. The summed E-state index contributed by atoms with van der Waals surface area (Å²) in [6, 6.07) is 12.1. The summed E-state index contributed by atoms with van der Waals surface area (Å²) in [4.78, 5) is 24.9. The van der Waals surface area contributed by atoms with Crippen molar-refractivity contribution >= 4 is 29.3 Å². The van der Waals surface area contributed by atoms with E-state index in [1.165, 1.54) is 11.1 Å². The fourth-order valence-electron chi connectivity index (χ4n) is 2.33. The smallest absolute Gasteiger partial charge is 0.307 e. The zero-order valence-electron chi connectivity index (χ0n) is 15.7. The van der Waals surface area contributed by atoms with E-state index < -0.39 is 0 Å². The van der Waals surface area contributed by atoms with Crippen LogP contribution in [0.1, 0.15) is 28.7 Å². The molecule has 0 aliphatic rings. The number of nitrogens with one attached hydrogen (secondary N) is 1. The average molecular weight is 372 g/mol. The van der Waals surface area contributed by atoms with E-state index in [0.29, 0.717) is 5.75 Å². The second kappa shape index (κ2) is 9.43. The fourth-order valence-corrected chi connectivity index (χ4v) is 3.26. The Labute approximate surface area is 159 Å². The summed E-state index contributed by atoms with van der Waals surface area (Å²) in [6.45, 7) is 7.76. The van der Waals surface area contributed by atoms with E-state index in [4.69, 9.17) is 4.74 Å². The number of rotatable bonds is 7. The van der Waals surface area contributed by atoms with Gasteiger partial charge in [-0.25, -0.2) is 0 Å². The molecule has 0 aliphatic heterocycles. The summed E-state index contributed by atoms with van der Waals surface area (Å²) in [5, 5.41) is 2.78. The van der Waals surface area contributed by atoms with Crippen LogP contribution in [0.15, 0.2) is 41.3 Å². The molecular formula is C21H25NO3S. The van der Waals surface area contributed by atoms with E-state index in [0.717, 1.165) is 21.7 Å². The molecule has 2 aromatic rings. The molecule has 5 heteroatoms. The topological polar surface area (TPSA) is 55.4 Å². The number of carbonyl (C=O) groups is 2. The van der Waals surface area contributed by atoms with Gasteiger partial charge in [-0.1, -0.05) is 18.2 Å². The predicted molar refractivity (Wildman–Crippen MR) is 107 cm³/mol. The summed E-state index contributed by atoms with van der Waals surface area (Å²) in [7, 11) is 0. The highest BCUT2D eigenvalue weighted by molar-refractivity contribution is 7.99. The van der Waals surface area contributed by atoms with Crippen molar-refractivity contribution in [3.8, 4) is 0 Å². The van der Waals surface area contributed by atoms with Crippen LogP contribution >= 0.6 is 11.8 Å². The van der Waals surface area contributed by atoms with Gasteiger partial charge < -0.3 is 10.1 Å². The molecule has 0 bridgehead atoms. The quantitative estimate of drug-likeness (QED) is 0.571. The van der Waals surface area contributed by atoms with Crippen molar-refractivity contribution in [3.63, 3.8) is 0 Å². The van der Waals surface area contributed by atoms with Crippen molar-refractivity contribution in [2.24, 2.45) is 0 Å². The normalized spacial score (nSPS) is 10.5. The number of aryl methyl sites for hydroxylation is 4. The summed E-state index contributed by atoms with van der Waals surface area (Å²) in [6.07, 6.45) is 0.272. The van der Waals surface area contributed by atoms with Crippen molar-refractivity contribution in [2.75, 3.05) is 17.7 Å². The molecule has 0 fully saturated rings. The maximum atomic E-state index is 12.0. The second-order valence-corrected chi connectivity index (χ2v) is 7.54. The highest BCUT2D eigenvalue weighted by Crippen LogP contribution is 2.22. The molecular weight excluding hydrogens is 346 g/mol. The molecule has 0 aliphatic carbocycles. The van der Waals surface area contributed by atoms with Gasteiger partial charge in [-0.05, 0) is 68.1 Å². The molecule has 0 saturated carbocycles. The maximum absolute atomic E-state index is 12.0. The van der Waals surface area contributed by atoms with Crippen LogP contribution in [0, 0.1) is 27.7 Å². The number of carbonyl (C=O) groups excluding carboxylic acids is 2. The molecule has 0 aromatic heterocycles. The minimum absolute atomic E-state index is 0.263. The first-order chi connectivity index (χ1) is 12.3. The van der Waals surface area contributed by atoms with Crippen molar-refractivity contribution in [3.05, 3.63) is 58.7 Å². The molecule has 0 unspecified atom stereocenters. The summed E-state index contributed by atoms with van der Waals surface area (Å²) < 4.78 is 5.06. The zero-order valence-corrected chi connectivity index (χ0v) is 16.5. The molecule has 0 saturated heterocycles. The van der Waals surface area contributed by atoms with E-state index in [1.54, 1.807) is 11.8 Å². The van der Waals surface area contributed by atoms with E-state index in [-0.39, 0.29) is 24.9 Å². The van der Waals surface area contributed by atoms with Crippen LogP contribution < -0.4 is 5.32 Å². The third-order valence-corrected chi connectivity index (χ3v) is 5.08. The van der Waals surface area contributed by atoms with Crippen LogP contribution in [0.4, 0.5) is 5.69 Å². The monoisotopic (exact) mass is 371 g/mol. The number of amides is 1. The van der Waals surface area contributed by atoms with Crippen molar-refractivity contribution in [1.82, 2.24) is 0 Å². The molecule has 1 N–H and O–H groups in total. The lowest BCUT2D eigenvalue weighted by Gasteiger charge is -2.10. The first-order valence-electron chi connectivity index (χ1n) is 8.58. The number of anilines is 1. The molecule has 0 spiro atoms. The molecule has 26 heavy (non-hydrogen) atoms. The van der Waals surface area contributed by atoms with Crippen LogP contribution in [0.3, 0.4) is 0 Å². The largest absolute Gasteiger partial charge is 0.456 e. The van der Waals surface area contributed by atoms with E-state index >= 15 is 0 Å². The van der Waals surface area contributed by atoms with Gasteiger partial charge in [0.1, 0.15) is 0 Å². The third-order valence-electron chi connectivity index (χ3n) is 4.08. The van der Waals surface area contributed by atoms with Gasteiger partial charge in [0.2, 0.25) is 0 Å². The van der Waals surface area contributed by atoms with Gasteiger partial charge in [0.25, 0.3) is 5.91 Å². The molecule has 0 heterocycles. The minimum Gasteiger partial charge on any atom is -0.456 e. The molecule has 0 radical (unpaired) electrons. The number of thioether (sulfide) groups is 1. The highest BCUT2D eigenvalue weighted by atomic mass is 32.2. The van der Waals surface area contributed by atoms with Crippen LogP contribution in [0.25, 0.3) is 0 Å². The Hall–Kier alpha value is -2.27. The van der Waals surface area contributed by atoms with Gasteiger partial charge in [0.15, 0.2) is 6.61 Å². The lowest BCUT2D eigenvalue weighted by Crippen LogP contribution is -2.21. The zero-order chi connectivity index (χ0) is 19.1. The van der Waals surface area contributed by atoms with Crippen molar-refractivity contribution < 1.29 is 14.3 Å². The second-order valence-electron chi connectivity index (χ2n) is 6.37. The summed E-state index contributed by atoms with van der Waals surface area (Å²) in [5.41, 5.74) is 5.27. The number of ether oxygens (including phenoxy) is 1. The number of esters is 1. The Morgan fingerprint density at radius 2 is 1.69 bits per heavy atom. The molecule has 2 rings (SSSR count).